The number of aromatic carboxylic acids is 1. The van der Waals surface area contributed by atoms with Gasteiger partial charge in [-0.2, -0.15) is 0 Å². The lowest BCUT2D eigenvalue weighted by Gasteiger charge is -2.29. The van der Waals surface area contributed by atoms with Crippen molar-refractivity contribution in [1.29, 1.82) is 0 Å². The van der Waals surface area contributed by atoms with Gasteiger partial charge >= 0.3 is 5.97 Å². The quantitative estimate of drug-likeness (QED) is 0.899. The number of aromatic nitrogens is 1. The van der Waals surface area contributed by atoms with Crippen molar-refractivity contribution >= 4 is 17.3 Å². The van der Waals surface area contributed by atoms with Gasteiger partial charge in [-0.15, -0.1) is 11.3 Å². The number of hydrogen-bond acceptors (Lipinski definition) is 4. The Bertz CT molecular complexity index is 409. The SMILES string of the molecule is Cc1sc(CN2CCC(C)CC2)nc1C(=O)O. The van der Waals surface area contributed by atoms with Crippen molar-refractivity contribution in [3.05, 3.63) is 15.6 Å². The fraction of sp³-hybridized carbons (Fsp3) is 0.667. The summed E-state index contributed by atoms with van der Waals surface area (Å²) in [6.07, 6.45) is 2.46. The smallest absolute Gasteiger partial charge is 0.355 e. The molecule has 0 aliphatic carbocycles. The normalized spacial score (nSPS) is 18.5. The van der Waals surface area contributed by atoms with Crippen molar-refractivity contribution in [1.82, 2.24) is 9.88 Å². The third-order valence-corrected chi connectivity index (χ3v) is 4.23. The number of nitrogens with zero attached hydrogens (tertiary/aromatic N) is 2. The van der Waals surface area contributed by atoms with Gasteiger partial charge in [-0.25, -0.2) is 9.78 Å². The van der Waals surface area contributed by atoms with Gasteiger partial charge in [-0.05, 0) is 38.8 Å². The first-order valence-corrected chi connectivity index (χ1v) is 6.80. The average molecular weight is 254 g/mol. The number of thiazole rings is 1. The van der Waals surface area contributed by atoms with Crippen LogP contribution in [0.2, 0.25) is 0 Å². The fourth-order valence-corrected chi connectivity index (χ4v) is 3.10. The van der Waals surface area contributed by atoms with E-state index in [1.165, 1.54) is 24.2 Å². The van der Waals surface area contributed by atoms with Crippen LogP contribution in [0.25, 0.3) is 0 Å². The highest BCUT2D eigenvalue weighted by atomic mass is 32.1. The van der Waals surface area contributed by atoms with Gasteiger partial charge in [-0.3, -0.25) is 4.90 Å². The zero-order chi connectivity index (χ0) is 12.4. The average Bonchev–Trinajstić information content (AvgIpc) is 2.63. The molecule has 0 aromatic carbocycles. The summed E-state index contributed by atoms with van der Waals surface area (Å²) in [5, 5.41) is 9.88. The molecule has 1 aliphatic rings. The molecule has 1 aliphatic heterocycles. The van der Waals surface area contributed by atoms with Gasteiger partial charge in [0.15, 0.2) is 5.69 Å². The van der Waals surface area contributed by atoms with E-state index >= 15 is 0 Å². The van der Waals surface area contributed by atoms with Crippen LogP contribution in [0.4, 0.5) is 0 Å². The maximum absolute atomic E-state index is 10.9. The van der Waals surface area contributed by atoms with Crippen LogP contribution in [0.3, 0.4) is 0 Å². The first-order valence-electron chi connectivity index (χ1n) is 5.98. The zero-order valence-electron chi connectivity index (χ0n) is 10.3. The number of carbonyl (C=O) groups is 1. The van der Waals surface area contributed by atoms with Crippen LogP contribution in [-0.2, 0) is 6.54 Å². The van der Waals surface area contributed by atoms with E-state index in [2.05, 4.69) is 16.8 Å². The van der Waals surface area contributed by atoms with Crippen LogP contribution in [0.15, 0.2) is 0 Å². The molecular formula is C12H18N2O2S. The summed E-state index contributed by atoms with van der Waals surface area (Å²) >= 11 is 1.50. The molecule has 0 unspecified atom stereocenters. The minimum Gasteiger partial charge on any atom is -0.476 e. The van der Waals surface area contributed by atoms with Gasteiger partial charge < -0.3 is 5.11 Å². The molecule has 0 atom stereocenters. The van der Waals surface area contributed by atoms with E-state index in [1.54, 1.807) is 0 Å². The van der Waals surface area contributed by atoms with E-state index < -0.39 is 5.97 Å². The minimum absolute atomic E-state index is 0.218. The highest BCUT2D eigenvalue weighted by molar-refractivity contribution is 7.11. The lowest BCUT2D eigenvalue weighted by atomic mass is 9.99. The molecule has 17 heavy (non-hydrogen) atoms. The topological polar surface area (TPSA) is 53.4 Å². The maximum atomic E-state index is 10.9. The van der Waals surface area contributed by atoms with Gasteiger partial charge in [0, 0.05) is 4.88 Å². The molecule has 1 N–H and O–H groups in total. The second kappa shape index (κ2) is 5.14. The monoisotopic (exact) mass is 254 g/mol. The molecule has 0 bridgehead atoms. The van der Waals surface area contributed by atoms with E-state index in [0.29, 0.717) is 0 Å². The van der Waals surface area contributed by atoms with Crippen molar-refractivity contribution in [3.8, 4) is 0 Å². The lowest BCUT2D eigenvalue weighted by molar-refractivity contribution is 0.0690. The maximum Gasteiger partial charge on any atom is 0.355 e. The van der Waals surface area contributed by atoms with Gasteiger partial charge in [-0.1, -0.05) is 6.92 Å². The number of hydrogen-bond donors (Lipinski definition) is 1. The number of piperidine rings is 1. The standard InChI is InChI=1S/C12H18N2O2S/c1-8-3-5-14(6-4-8)7-10-13-11(12(15)16)9(2)17-10/h8H,3-7H2,1-2H3,(H,15,16). The predicted molar refractivity (Wildman–Crippen MR) is 67.5 cm³/mol. The molecule has 5 heteroatoms. The summed E-state index contributed by atoms with van der Waals surface area (Å²) < 4.78 is 0. The Morgan fingerprint density at radius 3 is 2.71 bits per heavy atom. The number of rotatable bonds is 3. The van der Waals surface area contributed by atoms with Crippen molar-refractivity contribution in [3.63, 3.8) is 0 Å². The molecule has 1 fully saturated rings. The predicted octanol–water partition coefficient (Wildman–Crippen LogP) is 2.38. The molecule has 1 aromatic heterocycles. The van der Waals surface area contributed by atoms with Crippen molar-refractivity contribution < 1.29 is 9.90 Å². The fourth-order valence-electron chi connectivity index (χ4n) is 2.13. The summed E-state index contributed by atoms with van der Waals surface area (Å²) in [7, 11) is 0. The molecule has 0 spiro atoms. The molecule has 0 radical (unpaired) electrons. The third-order valence-electron chi connectivity index (χ3n) is 3.28. The van der Waals surface area contributed by atoms with E-state index in [9.17, 15) is 4.79 Å². The largest absolute Gasteiger partial charge is 0.476 e. The number of likely N-dealkylation sites (tertiary alicyclic amines) is 1. The second-order valence-electron chi connectivity index (χ2n) is 4.78. The molecule has 2 heterocycles. The van der Waals surface area contributed by atoms with Crippen molar-refractivity contribution in [2.45, 2.75) is 33.2 Å². The van der Waals surface area contributed by atoms with Crippen molar-refractivity contribution in [2.75, 3.05) is 13.1 Å². The van der Waals surface area contributed by atoms with E-state index in [1.807, 2.05) is 6.92 Å². The molecule has 1 saturated heterocycles. The molecule has 4 nitrogen and oxygen atoms in total. The van der Waals surface area contributed by atoms with Crippen molar-refractivity contribution in [2.24, 2.45) is 5.92 Å². The Kier molecular flexibility index (Phi) is 3.79. The third kappa shape index (κ3) is 3.04. The van der Waals surface area contributed by atoms with Crippen LogP contribution in [0.5, 0.6) is 0 Å². The molecule has 94 valence electrons. The number of carboxylic acid groups (broad SMARTS) is 1. The number of aryl methyl sites for hydroxylation is 1. The highest BCUT2D eigenvalue weighted by Crippen LogP contribution is 2.22. The minimum atomic E-state index is -0.919. The first-order chi connectivity index (χ1) is 8.06. The Balaban J connectivity index is 1.99. The molecule has 0 amide bonds. The zero-order valence-corrected chi connectivity index (χ0v) is 11.1. The summed E-state index contributed by atoms with van der Waals surface area (Å²) in [4.78, 5) is 18.3. The van der Waals surface area contributed by atoms with E-state index in [4.69, 9.17) is 5.11 Å². The molecule has 1 aromatic rings. The lowest BCUT2D eigenvalue weighted by Crippen LogP contribution is -2.32. The summed E-state index contributed by atoms with van der Waals surface area (Å²) in [5.41, 5.74) is 0.218. The molecule has 2 rings (SSSR count). The van der Waals surface area contributed by atoms with Gasteiger partial charge in [0.25, 0.3) is 0 Å². The summed E-state index contributed by atoms with van der Waals surface area (Å²) in [5.74, 6) is -0.101. The Labute approximate surface area is 105 Å². The molecular weight excluding hydrogens is 236 g/mol. The second-order valence-corrected chi connectivity index (χ2v) is 6.06. The van der Waals surface area contributed by atoms with Crippen LogP contribution in [0.1, 0.15) is 40.1 Å². The van der Waals surface area contributed by atoms with Crippen LogP contribution < -0.4 is 0 Å². The Morgan fingerprint density at radius 2 is 2.18 bits per heavy atom. The van der Waals surface area contributed by atoms with Crippen LogP contribution >= 0.6 is 11.3 Å². The van der Waals surface area contributed by atoms with Gasteiger partial charge in [0.2, 0.25) is 0 Å². The summed E-state index contributed by atoms with van der Waals surface area (Å²) in [6, 6.07) is 0. The molecule has 0 saturated carbocycles. The Hall–Kier alpha value is -0.940. The van der Waals surface area contributed by atoms with Gasteiger partial charge in [0.1, 0.15) is 5.01 Å². The first kappa shape index (κ1) is 12.5. The summed E-state index contributed by atoms with van der Waals surface area (Å²) in [6.45, 7) is 7.10. The highest BCUT2D eigenvalue weighted by Gasteiger charge is 2.19. The van der Waals surface area contributed by atoms with Gasteiger partial charge in [0.05, 0.1) is 6.54 Å². The van der Waals surface area contributed by atoms with E-state index in [-0.39, 0.29) is 5.69 Å². The number of carboxylic acids is 1. The van der Waals surface area contributed by atoms with E-state index in [0.717, 1.165) is 35.4 Å². The van der Waals surface area contributed by atoms with Crippen LogP contribution in [-0.4, -0.2) is 34.0 Å². The Morgan fingerprint density at radius 1 is 1.53 bits per heavy atom. The van der Waals surface area contributed by atoms with Crippen LogP contribution in [0, 0.1) is 12.8 Å².